The number of carbonyl (C=O) groups is 1. The smallest absolute Gasteiger partial charge is 0.174 e. The van der Waals surface area contributed by atoms with E-state index in [9.17, 15) is 20.1 Å². The number of piperidine rings is 1. The van der Waals surface area contributed by atoms with Crippen molar-refractivity contribution >= 4 is 5.78 Å². The van der Waals surface area contributed by atoms with E-state index in [0.717, 1.165) is 6.54 Å². The Morgan fingerprint density at radius 3 is 2.87 bits per heavy atom. The first-order valence-corrected chi connectivity index (χ1v) is 8.10. The molecule has 1 saturated heterocycles. The van der Waals surface area contributed by atoms with E-state index in [1.54, 1.807) is 0 Å². The summed E-state index contributed by atoms with van der Waals surface area (Å²) in [5, 5.41) is 32.2. The number of ketones is 1. The van der Waals surface area contributed by atoms with Crippen LogP contribution in [0.2, 0.25) is 0 Å². The third kappa shape index (κ3) is 1.25. The van der Waals surface area contributed by atoms with Crippen molar-refractivity contribution in [3.63, 3.8) is 0 Å². The first-order chi connectivity index (χ1) is 10.9. The molecule has 6 heteroatoms. The fourth-order valence-corrected chi connectivity index (χ4v) is 5.60. The molecule has 2 aliphatic heterocycles. The molecule has 1 spiro atoms. The first-order valence-electron chi connectivity index (χ1n) is 8.10. The molecule has 5 rings (SSSR count). The number of likely N-dealkylation sites (N-methyl/N-ethyl adjacent to an activating group) is 1. The van der Waals surface area contributed by atoms with E-state index in [0.29, 0.717) is 30.4 Å². The summed E-state index contributed by atoms with van der Waals surface area (Å²) in [4.78, 5) is 14.7. The number of benzene rings is 1. The van der Waals surface area contributed by atoms with Gasteiger partial charge in [0.15, 0.2) is 23.4 Å². The van der Waals surface area contributed by atoms with Crippen molar-refractivity contribution in [1.29, 1.82) is 0 Å². The van der Waals surface area contributed by atoms with Crippen LogP contribution in [0.15, 0.2) is 6.07 Å². The average Bonchev–Trinajstić information content (AvgIpc) is 2.85. The van der Waals surface area contributed by atoms with Gasteiger partial charge in [0.2, 0.25) is 0 Å². The van der Waals surface area contributed by atoms with E-state index in [1.165, 1.54) is 6.07 Å². The monoisotopic (exact) mass is 317 g/mol. The zero-order valence-corrected chi connectivity index (χ0v) is 12.9. The van der Waals surface area contributed by atoms with Crippen molar-refractivity contribution in [3.05, 3.63) is 17.2 Å². The Bertz CT molecular complexity index is 762. The number of phenols is 2. The van der Waals surface area contributed by atoms with Crippen molar-refractivity contribution in [1.82, 2.24) is 4.90 Å². The summed E-state index contributed by atoms with van der Waals surface area (Å²) >= 11 is 0. The molecule has 2 bridgehead atoms. The lowest BCUT2D eigenvalue weighted by atomic mass is 9.49. The third-order valence-electron chi connectivity index (χ3n) is 6.63. The molecule has 0 unspecified atom stereocenters. The minimum atomic E-state index is -1.07. The molecular weight excluding hydrogens is 298 g/mol. The van der Waals surface area contributed by atoms with Crippen LogP contribution in [0, 0.1) is 0 Å². The molecule has 2 heterocycles. The predicted molar refractivity (Wildman–Crippen MR) is 79.8 cm³/mol. The SMILES string of the molecule is CN1CC[C@]23c4c5c(O)cc(O)c4O[C@H]2C(=O)CC[C@@]3(O)[C@H]1C5. The van der Waals surface area contributed by atoms with E-state index in [-0.39, 0.29) is 35.5 Å². The van der Waals surface area contributed by atoms with Crippen LogP contribution in [0.25, 0.3) is 0 Å². The zero-order chi connectivity index (χ0) is 16.1. The molecule has 2 fully saturated rings. The molecule has 6 nitrogen and oxygen atoms in total. The van der Waals surface area contributed by atoms with Gasteiger partial charge in [0.25, 0.3) is 0 Å². The summed E-state index contributed by atoms with van der Waals surface area (Å²) in [6.07, 6.45) is 0.988. The van der Waals surface area contributed by atoms with Gasteiger partial charge in [0.1, 0.15) is 5.75 Å². The van der Waals surface area contributed by atoms with Crippen molar-refractivity contribution in [2.75, 3.05) is 13.6 Å². The number of rotatable bonds is 0. The molecule has 1 aromatic rings. The molecule has 1 saturated carbocycles. The van der Waals surface area contributed by atoms with Crippen molar-refractivity contribution in [3.8, 4) is 17.2 Å². The number of ether oxygens (including phenoxy) is 1. The van der Waals surface area contributed by atoms with Crippen LogP contribution < -0.4 is 4.74 Å². The van der Waals surface area contributed by atoms with Crippen LogP contribution in [0.5, 0.6) is 17.2 Å². The fraction of sp³-hybridized carbons (Fsp3) is 0.588. The molecule has 0 amide bonds. The van der Waals surface area contributed by atoms with Gasteiger partial charge in [-0.3, -0.25) is 4.79 Å². The van der Waals surface area contributed by atoms with Crippen molar-refractivity contribution < 1.29 is 24.9 Å². The highest BCUT2D eigenvalue weighted by Crippen LogP contribution is 2.65. The van der Waals surface area contributed by atoms with E-state index in [4.69, 9.17) is 4.74 Å². The van der Waals surface area contributed by atoms with E-state index < -0.39 is 17.1 Å². The highest BCUT2D eigenvalue weighted by Gasteiger charge is 2.73. The maximum Gasteiger partial charge on any atom is 0.174 e. The average molecular weight is 317 g/mol. The third-order valence-corrected chi connectivity index (χ3v) is 6.63. The normalized spacial score (nSPS) is 40.7. The van der Waals surface area contributed by atoms with Gasteiger partial charge in [-0.1, -0.05) is 0 Å². The zero-order valence-electron chi connectivity index (χ0n) is 12.9. The number of aliphatic hydroxyl groups is 1. The summed E-state index contributed by atoms with van der Waals surface area (Å²) < 4.78 is 5.89. The molecule has 1 aromatic carbocycles. The second kappa shape index (κ2) is 3.82. The highest BCUT2D eigenvalue weighted by molar-refractivity contribution is 5.90. The largest absolute Gasteiger partial charge is 0.508 e. The standard InChI is InChI=1S/C17H19NO5/c1-18-5-4-16-13-8-6-12(18)17(16,22)3-2-9(19)15(16)23-14(13)11(21)7-10(8)20/h7,12,15,20-22H,2-6H2,1H3/t12-,15+,16+,17-/m1/s1. The lowest BCUT2D eigenvalue weighted by Crippen LogP contribution is -2.76. The predicted octanol–water partition coefficient (Wildman–Crippen LogP) is 0.451. The van der Waals surface area contributed by atoms with Crippen molar-refractivity contribution in [2.24, 2.45) is 0 Å². The Balaban J connectivity index is 1.90. The van der Waals surface area contributed by atoms with Crippen LogP contribution in [0.4, 0.5) is 0 Å². The molecule has 122 valence electrons. The van der Waals surface area contributed by atoms with E-state index in [2.05, 4.69) is 4.90 Å². The molecule has 0 aromatic heterocycles. The maximum absolute atomic E-state index is 12.5. The van der Waals surface area contributed by atoms with Crippen LogP contribution in [-0.2, 0) is 16.6 Å². The Morgan fingerprint density at radius 2 is 2.09 bits per heavy atom. The summed E-state index contributed by atoms with van der Waals surface area (Å²) in [5.74, 6) is 0.114. The van der Waals surface area contributed by atoms with Crippen LogP contribution in [0.1, 0.15) is 30.4 Å². The Kier molecular flexibility index (Phi) is 2.26. The summed E-state index contributed by atoms with van der Waals surface area (Å²) in [6.45, 7) is 0.745. The highest BCUT2D eigenvalue weighted by atomic mass is 16.5. The maximum atomic E-state index is 12.5. The molecule has 4 aliphatic rings. The van der Waals surface area contributed by atoms with Gasteiger partial charge in [0.05, 0.1) is 11.0 Å². The van der Waals surface area contributed by atoms with Gasteiger partial charge in [-0.05, 0) is 32.9 Å². The Hall–Kier alpha value is -1.79. The van der Waals surface area contributed by atoms with Gasteiger partial charge in [-0.15, -0.1) is 0 Å². The molecule has 0 radical (unpaired) electrons. The van der Waals surface area contributed by atoms with Crippen LogP contribution in [-0.4, -0.2) is 57.3 Å². The number of hydrogen-bond acceptors (Lipinski definition) is 6. The van der Waals surface area contributed by atoms with Gasteiger partial charge >= 0.3 is 0 Å². The minimum absolute atomic E-state index is 0.0187. The van der Waals surface area contributed by atoms with Crippen LogP contribution in [0.3, 0.4) is 0 Å². The van der Waals surface area contributed by atoms with Gasteiger partial charge in [-0.2, -0.15) is 0 Å². The summed E-state index contributed by atoms with van der Waals surface area (Å²) in [5.41, 5.74) is -0.550. The summed E-state index contributed by atoms with van der Waals surface area (Å²) in [6, 6.07) is 1.12. The molecule has 4 atom stereocenters. The molecule has 3 N–H and O–H groups in total. The molecule has 23 heavy (non-hydrogen) atoms. The van der Waals surface area contributed by atoms with Gasteiger partial charge in [0, 0.05) is 29.7 Å². The quantitative estimate of drug-likeness (QED) is 0.644. The second-order valence-electron chi connectivity index (χ2n) is 7.41. The van der Waals surface area contributed by atoms with Crippen molar-refractivity contribution in [2.45, 2.75) is 48.8 Å². The van der Waals surface area contributed by atoms with Crippen LogP contribution >= 0.6 is 0 Å². The Labute approximate surface area is 133 Å². The van der Waals surface area contributed by atoms with E-state index in [1.807, 2.05) is 7.05 Å². The number of Topliss-reactive ketones (excluding diaryl/α,β-unsaturated/α-hetero) is 1. The fourth-order valence-electron chi connectivity index (χ4n) is 5.60. The number of nitrogens with zero attached hydrogens (tertiary/aromatic N) is 1. The topological polar surface area (TPSA) is 90.2 Å². The minimum Gasteiger partial charge on any atom is -0.508 e. The molecule has 2 aliphatic carbocycles. The molecular formula is C17H19NO5. The lowest BCUT2D eigenvalue weighted by molar-refractivity contribution is -0.185. The van der Waals surface area contributed by atoms with Gasteiger partial charge in [-0.25, -0.2) is 0 Å². The summed E-state index contributed by atoms with van der Waals surface area (Å²) in [7, 11) is 1.97. The number of aromatic hydroxyl groups is 2. The number of phenolic OH excluding ortho intramolecular Hbond substituents is 2. The number of carbonyl (C=O) groups excluding carboxylic acids is 1. The lowest BCUT2D eigenvalue weighted by Gasteiger charge is -2.61. The van der Waals surface area contributed by atoms with E-state index >= 15 is 0 Å². The number of hydrogen-bond donors (Lipinski definition) is 3. The Morgan fingerprint density at radius 1 is 1.30 bits per heavy atom. The van der Waals surface area contributed by atoms with Gasteiger partial charge < -0.3 is 25.0 Å². The second-order valence-corrected chi connectivity index (χ2v) is 7.41. The number of likely N-dealkylation sites (tertiary alicyclic amines) is 1. The first kappa shape index (κ1) is 13.6.